The van der Waals surface area contributed by atoms with Gasteiger partial charge in [0.05, 0.1) is 25.8 Å². The third-order valence-electron chi connectivity index (χ3n) is 2.64. The van der Waals surface area contributed by atoms with Gasteiger partial charge in [0.15, 0.2) is 5.76 Å². The first-order valence-electron chi connectivity index (χ1n) is 6.07. The number of aromatic nitrogens is 1. The normalized spacial score (nSPS) is 10.4. The molecule has 1 N–H and O–H groups in total. The molecule has 0 aliphatic carbocycles. The highest BCUT2D eigenvalue weighted by molar-refractivity contribution is 5.69. The Kier molecular flexibility index (Phi) is 4.53. The molecule has 0 radical (unpaired) electrons. The number of carbonyl (C=O) groups is 1. The zero-order valence-corrected chi connectivity index (χ0v) is 10.8. The summed E-state index contributed by atoms with van der Waals surface area (Å²) < 4.78 is 5.61. The molecule has 1 aromatic heterocycles. The highest BCUT2D eigenvalue weighted by Crippen LogP contribution is 2.20. The number of benzene rings is 1. The van der Waals surface area contributed by atoms with E-state index in [0.29, 0.717) is 11.7 Å². The number of hydrogen-bond acceptors (Lipinski definition) is 4. The summed E-state index contributed by atoms with van der Waals surface area (Å²) in [4.78, 5) is 16.5. The molecule has 0 atom stereocenters. The van der Waals surface area contributed by atoms with E-state index in [1.165, 1.54) is 0 Å². The van der Waals surface area contributed by atoms with Gasteiger partial charge in [-0.1, -0.05) is 36.3 Å². The minimum absolute atomic E-state index is 0.146. The summed E-state index contributed by atoms with van der Waals surface area (Å²) >= 11 is 0. The number of nitrogens with zero attached hydrogens (tertiary/aromatic N) is 2. The summed E-state index contributed by atoms with van der Waals surface area (Å²) in [6.07, 6.45) is 6.84. The van der Waals surface area contributed by atoms with Crippen molar-refractivity contribution in [3.05, 3.63) is 42.4 Å². The van der Waals surface area contributed by atoms with Crippen LogP contribution in [0.2, 0.25) is 0 Å². The van der Waals surface area contributed by atoms with Gasteiger partial charge in [0.1, 0.15) is 0 Å². The van der Waals surface area contributed by atoms with E-state index < -0.39 is 5.97 Å². The van der Waals surface area contributed by atoms with Crippen molar-refractivity contribution in [1.82, 2.24) is 9.88 Å². The van der Waals surface area contributed by atoms with Crippen molar-refractivity contribution in [2.24, 2.45) is 0 Å². The Morgan fingerprint density at radius 3 is 2.80 bits per heavy atom. The standard InChI is InChI=1S/C15H14N2O3/c1-2-8-17(11-15(18)19)10-14-16-9-13(20-14)12-6-4-3-5-7-12/h1,3-7,9H,8,10-11H2,(H,18,19). The SMILES string of the molecule is C#CCN(CC(=O)O)Cc1ncc(-c2ccccc2)o1. The second kappa shape index (κ2) is 6.55. The number of hydrogen-bond donors (Lipinski definition) is 1. The van der Waals surface area contributed by atoms with Crippen LogP contribution in [-0.4, -0.2) is 34.0 Å². The second-order valence-corrected chi connectivity index (χ2v) is 4.23. The molecule has 0 unspecified atom stereocenters. The van der Waals surface area contributed by atoms with Gasteiger partial charge in [0.25, 0.3) is 0 Å². The molecule has 0 fully saturated rings. The fraction of sp³-hybridized carbons (Fsp3) is 0.200. The fourth-order valence-electron chi connectivity index (χ4n) is 1.80. The fourth-order valence-corrected chi connectivity index (χ4v) is 1.80. The van der Waals surface area contributed by atoms with Crippen molar-refractivity contribution in [3.8, 4) is 23.7 Å². The Morgan fingerprint density at radius 2 is 2.15 bits per heavy atom. The molecule has 5 nitrogen and oxygen atoms in total. The summed E-state index contributed by atoms with van der Waals surface area (Å²) in [6.45, 7) is 0.353. The predicted octanol–water partition coefficient (Wildman–Crippen LogP) is 1.86. The Labute approximate surface area is 116 Å². The molecule has 0 spiro atoms. The van der Waals surface area contributed by atoms with E-state index in [0.717, 1.165) is 5.56 Å². The maximum Gasteiger partial charge on any atom is 0.317 e. The molecular weight excluding hydrogens is 256 g/mol. The average molecular weight is 270 g/mol. The smallest absolute Gasteiger partial charge is 0.317 e. The molecule has 2 aromatic rings. The second-order valence-electron chi connectivity index (χ2n) is 4.23. The first-order valence-corrected chi connectivity index (χ1v) is 6.07. The topological polar surface area (TPSA) is 66.6 Å². The number of carboxylic acid groups (broad SMARTS) is 1. The third kappa shape index (κ3) is 3.70. The lowest BCUT2D eigenvalue weighted by Gasteiger charge is -2.14. The van der Waals surface area contributed by atoms with Gasteiger partial charge < -0.3 is 9.52 Å². The molecule has 0 aliphatic heterocycles. The van der Waals surface area contributed by atoms with E-state index in [9.17, 15) is 4.79 Å². The minimum atomic E-state index is -0.935. The lowest BCUT2D eigenvalue weighted by molar-refractivity contribution is -0.138. The van der Waals surface area contributed by atoms with Crippen LogP contribution in [0.5, 0.6) is 0 Å². The number of terminal acetylenes is 1. The van der Waals surface area contributed by atoms with Crippen molar-refractivity contribution in [3.63, 3.8) is 0 Å². The summed E-state index contributed by atoms with van der Waals surface area (Å²) in [7, 11) is 0. The van der Waals surface area contributed by atoms with Gasteiger partial charge in [-0.25, -0.2) is 4.98 Å². The quantitative estimate of drug-likeness (QED) is 0.811. The Hall–Kier alpha value is -2.58. The van der Waals surface area contributed by atoms with Crippen LogP contribution < -0.4 is 0 Å². The molecule has 0 saturated heterocycles. The maximum atomic E-state index is 10.7. The number of oxazole rings is 1. The van der Waals surface area contributed by atoms with Gasteiger partial charge in [-0.15, -0.1) is 6.42 Å². The van der Waals surface area contributed by atoms with Crippen molar-refractivity contribution in [2.45, 2.75) is 6.54 Å². The highest BCUT2D eigenvalue weighted by atomic mass is 16.4. The summed E-state index contributed by atoms with van der Waals surface area (Å²) in [5.74, 6) is 2.58. The number of carboxylic acids is 1. The summed E-state index contributed by atoms with van der Waals surface area (Å²) in [5, 5.41) is 8.81. The van der Waals surface area contributed by atoms with E-state index >= 15 is 0 Å². The van der Waals surface area contributed by atoms with E-state index in [1.54, 1.807) is 11.1 Å². The van der Waals surface area contributed by atoms with Gasteiger partial charge in [-0.3, -0.25) is 9.69 Å². The predicted molar refractivity (Wildman–Crippen MR) is 73.7 cm³/mol. The lowest BCUT2D eigenvalue weighted by atomic mass is 10.2. The van der Waals surface area contributed by atoms with Crippen LogP contribution in [0.3, 0.4) is 0 Å². The Bertz CT molecular complexity index is 614. The molecular formula is C15H14N2O3. The van der Waals surface area contributed by atoms with Crippen LogP contribution in [0, 0.1) is 12.3 Å². The number of rotatable bonds is 6. The molecule has 20 heavy (non-hydrogen) atoms. The van der Waals surface area contributed by atoms with Crippen LogP contribution in [0.1, 0.15) is 5.89 Å². The molecule has 0 bridgehead atoms. The Balaban J connectivity index is 2.08. The van der Waals surface area contributed by atoms with Crippen LogP contribution in [0.25, 0.3) is 11.3 Å². The van der Waals surface area contributed by atoms with Gasteiger partial charge in [0.2, 0.25) is 5.89 Å². The average Bonchev–Trinajstić information content (AvgIpc) is 2.88. The number of aliphatic carboxylic acids is 1. The molecule has 102 valence electrons. The minimum Gasteiger partial charge on any atom is -0.480 e. The molecule has 0 saturated carbocycles. The van der Waals surface area contributed by atoms with Crippen LogP contribution in [-0.2, 0) is 11.3 Å². The monoisotopic (exact) mass is 270 g/mol. The molecule has 1 heterocycles. The Morgan fingerprint density at radius 1 is 1.40 bits per heavy atom. The molecule has 5 heteroatoms. The maximum absolute atomic E-state index is 10.7. The van der Waals surface area contributed by atoms with Crippen molar-refractivity contribution in [2.75, 3.05) is 13.1 Å². The van der Waals surface area contributed by atoms with Crippen LogP contribution >= 0.6 is 0 Å². The first-order chi connectivity index (χ1) is 9.69. The van der Waals surface area contributed by atoms with Crippen molar-refractivity contribution < 1.29 is 14.3 Å². The first kappa shape index (κ1) is 13.8. The molecule has 0 amide bonds. The van der Waals surface area contributed by atoms with Gasteiger partial charge in [0, 0.05) is 5.56 Å². The lowest BCUT2D eigenvalue weighted by Crippen LogP contribution is -2.29. The van der Waals surface area contributed by atoms with E-state index in [4.69, 9.17) is 15.9 Å². The van der Waals surface area contributed by atoms with Crippen LogP contribution in [0.15, 0.2) is 40.9 Å². The molecule has 2 rings (SSSR count). The van der Waals surface area contributed by atoms with Crippen molar-refractivity contribution >= 4 is 5.97 Å². The molecule has 0 aliphatic rings. The van der Waals surface area contributed by atoms with E-state index in [-0.39, 0.29) is 19.6 Å². The van der Waals surface area contributed by atoms with Crippen molar-refractivity contribution in [1.29, 1.82) is 0 Å². The van der Waals surface area contributed by atoms with E-state index in [1.807, 2.05) is 30.3 Å². The van der Waals surface area contributed by atoms with E-state index in [2.05, 4.69) is 10.9 Å². The van der Waals surface area contributed by atoms with Gasteiger partial charge in [-0.05, 0) is 0 Å². The highest BCUT2D eigenvalue weighted by Gasteiger charge is 2.13. The van der Waals surface area contributed by atoms with Gasteiger partial charge >= 0.3 is 5.97 Å². The van der Waals surface area contributed by atoms with Gasteiger partial charge in [-0.2, -0.15) is 0 Å². The van der Waals surface area contributed by atoms with Crippen LogP contribution in [0.4, 0.5) is 0 Å². The zero-order valence-electron chi connectivity index (χ0n) is 10.8. The molecule has 1 aromatic carbocycles. The largest absolute Gasteiger partial charge is 0.480 e. The zero-order chi connectivity index (χ0) is 14.4. The third-order valence-corrected chi connectivity index (χ3v) is 2.64. The summed E-state index contributed by atoms with van der Waals surface area (Å²) in [5.41, 5.74) is 0.924. The summed E-state index contributed by atoms with van der Waals surface area (Å²) in [6, 6.07) is 9.57.